The zero-order valence-corrected chi connectivity index (χ0v) is 54.7. The minimum atomic E-state index is 0.855. The first kappa shape index (κ1) is 61.4. The molecule has 0 unspecified atom stereocenters. The summed E-state index contributed by atoms with van der Waals surface area (Å²) in [7, 11) is 0. The number of hydrogen-bond donors (Lipinski definition) is 0. The molecule has 14 heterocycles. The van der Waals surface area contributed by atoms with Gasteiger partial charge >= 0.3 is 0 Å². The van der Waals surface area contributed by atoms with Gasteiger partial charge in [-0.3, -0.25) is 34.9 Å². The lowest BCUT2D eigenvalue weighted by Gasteiger charge is -1.93. The van der Waals surface area contributed by atoms with Crippen LogP contribution in [0.4, 0.5) is 0 Å². The standard InChI is InChI=1S/7C12H9NO/c1-8-2-3-11-10(6-8)9-4-5-13-7-12(9)14-11;1-8-2-3-9-10-4-5-13-7-12(10)14-11(9)6-8;1-8-3-2-4-10-12(8)9-5-6-13-7-11(9)14-10;1-8-3-2-4-10-9-5-6-13-7-11(9)14-12(8)10;1-8-6-10-9-4-2-3-5-11(9)14-12(10)7-13-8;1-8-6-13-7-11-12(8)9-4-2-3-5-10(9)14-11;1-8-12-10(6-7-13-8)9-4-2-3-5-11(9)14-12/h7*2-7H,1H3. The second-order valence-electron chi connectivity index (χ2n) is 24.0. The lowest BCUT2D eigenvalue weighted by molar-refractivity contribution is 0.662. The fraction of sp³-hybridized carbons (Fsp3) is 0.0833. The third kappa shape index (κ3) is 12.1. The third-order valence-electron chi connectivity index (χ3n) is 17.2. The number of pyridine rings is 7. The average molecular weight is 1280 g/mol. The summed E-state index contributed by atoms with van der Waals surface area (Å²) in [5, 5.41) is 16.2. The van der Waals surface area contributed by atoms with Gasteiger partial charge in [0, 0.05) is 118 Å². The van der Waals surface area contributed by atoms with Crippen molar-refractivity contribution in [3.05, 3.63) is 296 Å². The Morgan fingerprint density at radius 1 is 0.224 bits per heavy atom. The molecule has 14 nitrogen and oxygen atoms in total. The summed E-state index contributed by atoms with van der Waals surface area (Å²) in [4.78, 5) is 28.7. The normalized spacial score (nSPS) is 11.2. The van der Waals surface area contributed by atoms with E-state index in [1.165, 1.54) is 49.2 Å². The highest BCUT2D eigenvalue weighted by Gasteiger charge is 2.13. The summed E-state index contributed by atoms with van der Waals surface area (Å²) in [6.45, 7) is 14.3. The summed E-state index contributed by atoms with van der Waals surface area (Å²) in [6, 6.07) is 60.9. The molecule has 0 amide bonds. The van der Waals surface area contributed by atoms with Crippen LogP contribution in [0.25, 0.3) is 154 Å². The van der Waals surface area contributed by atoms with E-state index in [-0.39, 0.29) is 0 Å². The van der Waals surface area contributed by atoms with Crippen LogP contribution in [0.5, 0.6) is 0 Å². The molecule has 0 aliphatic heterocycles. The van der Waals surface area contributed by atoms with Gasteiger partial charge < -0.3 is 30.9 Å². The number of rotatable bonds is 0. The summed E-state index contributed by atoms with van der Waals surface area (Å²) in [5.74, 6) is 0. The molecule has 0 spiro atoms. The quantitative estimate of drug-likeness (QED) is 0.140. The van der Waals surface area contributed by atoms with Gasteiger partial charge in [-0.05, 0) is 150 Å². The van der Waals surface area contributed by atoms with Crippen LogP contribution in [-0.2, 0) is 0 Å². The number of hydrogen-bond acceptors (Lipinski definition) is 14. The van der Waals surface area contributed by atoms with Crippen LogP contribution in [0.2, 0.25) is 0 Å². The molecule has 21 rings (SSSR count). The highest BCUT2D eigenvalue weighted by molar-refractivity contribution is 6.10. The highest BCUT2D eigenvalue weighted by atomic mass is 16.4. The van der Waals surface area contributed by atoms with Gasteiger partial charge in [0.1, 0.15) is 39.1 Å². The van der Waals surface area contributed by atoms with Crippen molar-refractivity contribution in [2.24, 2.45) is 0 Å². The summed E-state index contributed by atoms with van der Waals surface area (Å²) in [5.41, 5.74) is 20.6. The molecule has 0 aliphatic carbocycles. The summed E-state index contributed by atoms with van der Waals surface area (Å²) < 4.78 is 39.7. The van der Waals surface area contributed by atoms with Gasteiger partial charge in [-0.15, -0.1) is 0 Å². The first-order valence-corrected chi connectivity index (χ1v) is 32.1. The van der Waals surface area contributed by atoms with Crippen LogP contribution < -0.4 is 0 Å². The maximum absolute atomic E-state index is 5.72. The Hall–Kier alpha value is -12.8. The molecule has 0 N–H and O–H groups in total. The number of aryl methyl sites for hydroxylation is 7. The SMILES string of the molecule is Cc1cc2c(cn1)oc1ccccc12.Cc1ccc2c(c1)oc1cnccc12.Cc1ccc2oc3cnccc3c2c1.Cc1cccc2c1oc1cnccc12.Cc1cccc2oc3cnccc3c12.Cc1cncc2oc3ccccc3c12.Cc1nccc2c1oc1ccccc12. The number of aromatic nitrogens is 7. The number of furan rings is 7. The molecule has 0 fully saturated rings. The van der Waals surface area contributed by atoms with E-state index in [0.717, 1.165) is 144 Å². The van der Waals surface area contributed by atoms with E-state index in [4.69, 9.17) is 30.9 Å². The Kier molecular flexibility index (Phi) is 16.6. The second kappa shape index (κ2) is 26.5. The van der Waals surface area contributed by atoms with Crippen LogP contribution >= 0.6 is 0 Å². The van der Waals surface area contributed by atoms with Gasteiger partial charge in [0.25, 0.3) is 0 Å². The summed E-state index contributed by atoms with van der Waals surface area (Å²) >= 11 is 0. The van der Waals surface area contributed by atoms with Gasteiger partial charge in [0.15, 0.2) is 39.1 Å². The van der Waals surface area contributed by atoms with Crippen molar-refractivity contribution in [3.63, 3.8) is 0 Å². The number of fused-ring (bicyclic) bond motifs is 21. The Morgan fingerprint density at radius 3 is 1.37 bits per heavy atom. The molecule has 14 aromatic heterocycles. The minimum Gasteiger partial charge on any atom is -0.454 e. The zero-order valence-electron chi connectivity index (χ0n) is 54.7. The maximum Gasteiger partial charge on any atom is 0.156 e. The van der Waals surface area contributed by atoms with Crippen LogP contribution in [0.15, 0.2) is 287 Å². The van der Waals surface area contributed by atoms with Crippen molar-refractivity contribution in [3.8, 4) is 0 Å². The van der Waals surface area contributed by atoms with E-state index in [1.54, 1.807) is 62.0 Å². The number of nitrogens with zero attached hydrogens (tertiary/aromatic N) is 7. The van der Waals surface area contributed by atoms with E-state index >= 15 is 0 Å². The van der Waals surface area contributed by atoms with Crippen LogP contribution in [0, 0.1) is 48.5 Å². The second-order valence-corrected chi connectivity index (χ2v) is 24.0. The zero-order chi connectivity index (χ0) is 66.8. The van der Waals surface area contributed by atoms with Gasteiger partial charge in [-0.25, -0.2) is 0 Å². The van der Waals surface area contributed by atoms with Crippen molar-refractivity contribution in [1.82, 2.24) is 34.9 Å². The fourth-order valence-corrected chi connectivity index (χ4v) is 12.5. The molecule has 0 saturated carbocycles. The van der Waals surface area contributed by atoms with Crippen molar-refractivity contribution in [2.75, 3.05) is 0 Å². The minimum absolute atomic E-state index is 0.855. The van der Waals surface area contributed by atoms with E-state index in [1.807, 2.05) is 135 Å². The van der Waals surface area contributed by atoms with Gasteiger partial charge in [0.05, 0.1) is 42.9 Å². The van der Waals surface area contributed by atoms with Crippen molar-refractivity contribution >= 4 is 154 Å². The van der Waals surface area contributed by atoms with Gasteiger partial charge in [-0.1, -0.05) is 109 Å². The molecular weight excluding hydrogens is 1220 g/mol. The molecule has 0 atom stereocenters. The fourth-order valence-electron chi connectivity index (χ4n) is 12.5. The molecule has 7 aromatic carbocycles. The van der Waals surface area contributed by atoms with E-state index in [9.17, 15) is 0 Å². The Balaban J connectivity index is 0.0000000933. The highest BCUT2D eigenvalue weighted by Crippen LogP contribution is 2.35. The molecule has 0 aliphatic rings. The third-order valence-corrected chi connectivity index (χ3v) is 17.2. The van der Waals surface area contributed by atoms with E-state index < -0.39 is 0 Å². The first-order chi connectivity index (χ1) is 48.0. The number of benzene rings is 7. The molecule has 0 radical (unpaired) electrons. The maximum atomic E-state index is 5.72. The van der Waals surface area contributed by atoms with E-state index in [2.05, 4.69) is 142 Å². The molecule has 14 heteroatoms. The molecule has 0 bridgehead atoms. The van der Waals surface area contributed by atoms with Crippen molar-refractivity contribution in [1.29, 1.82) is 0 Å². The molecular formula is C84H63N7O7. The summed E-state index contributed by atoms with van der Waals surface area (Å²) in [6.07, 6.45) is 21.4. The van der Waals surface area contributed by atoms with Crippen molar-refractivity contribution < 1.29 is 30.9 Å². The molecule has 0 saturated heterocycles. The monoisotopic (exact) mass is 1280 g/mol. The largest absolute Gasteiger partial charge is 0.454 e. The molecule has 21 aromatic rings. The molecule has 98 heavy (non-hydrogen) atoms. The topological polar surface area (TPSA) is 182 Å². The van der Waals surface area contributed by atoms with Crippen LogP contribution in [0.1, 0.15) is 39.2 Å². The van der Waals surface area contributed by atoms with Crippen LogP contribution in [-0.4, -0.2) is 34.9 Å². The molecule has 476 valence electrons. The first-order valence-electron chi connectivity index (χ1n) is 32.1. The smallest absolute Gasteiger partial charge is 0.156 e. The number of para-hydroxylation sites is 4. The lowest BCUT2D eigenvalue weighted by atomic mass is 10.1. The van der Waals surface area contributed by atoms with Crippen molar-refractivity contribution in [2.45, 2.75) is 48.5 Å². The van der Waals surface area contributed by atoms with Gasteiger partial charge in [-0.2, -0.15) is 0 Å². The average Bonchev–Trinajstić information content (AvgIpc) is 2.20. The predicted octanol–water partition coefficient (Wildman–Crippen LogP) is 23.0. The van der Waals surface area contributed by atoms with Gasteiger partial charge in [0.2, 0.25) is 0 Å². The lowest BCUT2D eigenvalue weighted by Crippen LogP contribution is -1.77. The Morgan fingerprint density at radius 2 is 0.643 bits per heavy atom. The Labute approximate surface area is 560 Å². The Bertz CT molecular complexity index is 6080. The predicted molar refractivity (Wildman–Crippen MR) is 394 cm³/mol. The van der Waals surface area contributed by atoms with E-state index in [0.29, 0.717) is 0 Å². The van der Waals surface area contributed by atoms with Crippen LogP contribution in [0.3, 0.4) is 0 Å².